The number of aromatic nitrogens is 2. The second kappa shape index (κ2) is 6.48. The van der Waals surface area contributed by atoms with Gasteiger partial charge in [0.2, 0.25) is 5.92 Å². The third-order valence-corrected chi connectivity index (χ3v) is 4.77. The first-order chi connectivity index (χ1) is 12.5. The summed E-state index contributed by atoms with van der Waals surface area (Å²) in [5, 5.41) is 18.4. The van der Waals surface area contributed by atoms with Gasteiger partial charge in [0.15, 0.2) is 5.69 Å². The van der Waals surface area contributed by atoms with Crippen molar-refractivity contribution in [2.45, 2.75) is 44.2 Å². The number of hydrogen-bond acceptors (Lipinski definition) is 3. The van der Waals surface area contributed by atoms with Gasteiger partial charge in [-0.2, -0.15) is 18.4 Å². The van der Waals surface area contributed by atoms with E-state index in [4.69, 9.17) is 5.11 Å². The second-order valence-electron chi connectivity index (χ2n) is 6.65. The number of nitriles is 1. The molecule has 10 heteroatoms. The van der Waals surface area contributed by atoms with Crippen LogP contribution in [0.4, 0.5) is 22.0 Å². The number of carboxylic acids is 1. The van der Waals surface area contributed by atoms with Gasteiger partial charge in [-0.25, -0.2) is 18.6 Å². The predicted octanol–water partition coefficient (Wildman–Crippen LogP) is 4.29. The number of fused-ring (bicyclic) bond motifs is 1. The molecule has 0 spiro atoms. The number of carbonyl (C=O) groups is 1. The summed E-state index contributed by atoms with van der Waals surface area (Å²) in [6, 6.07) is 3.62. The molecule has 0 radical (unpaired) electrons. The molecule has 1 fully saturated rings. The Bertz CT molecular complexity index is 933. The molecule has 27 heavy (non-hydrogen) atoms. The molecule has 0 saturated heterocycles. The highest BCUT2D eigenvalue weighted by Gasteiger charge is 2.40. The first-order valence-electron chi connectivity index (χ1n) is 8.15. The summed E-state index contributed by atoms with van der Waals surface area (Å²) >= 11 is 0. The van der Waals surface area contributed by atoms with E-state index >= 15 is 0 Å². The van der Waals surface area contributed by atoms with E-state index < -0.39 is 42.5 Å². The van der Waals surface area contributed by atoms with Gasteiger partial charge in [-0.05, 0) is 37.3 Å². The Kier molecular flexibility index (Phi) is 4.57. The molecule has 1 saturated carbocycles. The van der Waals surface area contributed by atoms with Crippen LogP contribution in [-0.4, -0.2) is 26.4 Å². The number of nitrogens with zero attached hydrogens (tertiary/aromatic N) is 3. The summed E-state index contributed by atoms with van der Waals surface area (Å²) in [6.45, 7) is 0. The molecule has 1 aliphatic carbocycles. The molecule has 1 aliphatic rings. The molecule has 0 aliphatic heterocycles. The molecular weight excluding hydrogens is 373 g/mol. The Balaban J connectivity index is 2.12. The average molecular weight is 387 g/mol. The van der Waals surface area contributed by atoms with Gasteiger partial charge in [-0.3, -0.25) is 4.40 Å². The van der Waals surface area contributed by atoms with E-state index in [2.05, 4.69) is 4.98 Å². The van der Waals surface area contributed by atoms with Crippen LogP contribution in [0.5, 0.6) is 0 Å². The summed E-state index contributed by atoms with van der Waals surface area (Å²) in [7, 11) is 0. The van der Waals surface area contributed by atoms with Crippen molar-refractivity contribution in [3.63, 3.8) is 0 Å². The molecule has 0 atom stereocenters. The van der Waals surface area contributed by atoms with E-state index in [1.54, 1.807) is 6.07 Å². The Morgan fingerprint density at radius 3 is 2.48 bits per heavy atom. The highest BCUT2D eigenvalue weighted by Crippen LogP contribution is 2.40. The van der Waals surface area contributed by atoms with Crippen molar-refractivity contribution in [1.29, 1.82) is 5.26 Å². The number of halogens is 5. The lowest BCUT2D eigenvalue weighted by Gasteiger charge is -2.28. The Morgan fingerprint density at radius 1 is 1.33 bits per heavy atom. The highest BCUT2D eigenvalue weighted by molar-refractivity contribution is 5.89. The lowest BCUT2D eigenvalue weighted by molar-refractivity contribution is -0.141. The Hall–Kier alpha value is -2.70. The quantitative estimate of drug-likeness (QED) is 0.797. The van der Waals surface area contributed by atoms with Crippen molar-refractivity contribution in [3.05, 3.63) is 34.8 Å². The lowest BCUT2D eigenvalue weighted by atomic mass is 9.83. The van der Waals surface area contributed by atoms with E-state index in [-0.39, 0.29) is 41.9 Å². The zero-order valence-corrected chi connectivity index (χ0v) is 13.9. The molecule has 2 aromatic heterocycles. The fourth-order valence-electron chi connectivity index (χ4n) is 3.43. The molecule has 5 nitrogen and oxygen atoms in total. The summed E-state index contributed by atoms with van der Waals surface area (Å²) in [4.78, 5) is 14.6. The topological polar surface area (TPSA) is 78.4 Å². The van der Waals surface area contributed by atoms with E-state index in [1.807, 2.05) is 0 Å². The molecule has 144 valence electrons. The Morgan fingerprint density at radius 2 is 1.96 bits per heavy atom. The molecule has 0 unspecified atom stereocenters. The van der Waals surface area contributed by atoms with E-state index in [9.17, 15) is 32.0 Å². The minimum atomic E-state index is -4.82. The van der Waals surface area contributed by atoms with Gasteiger partial charge in [0.1, 0.15) is 17.4 Å². The van der Waals surface area contributed by atoms with Crippen molar-refractivity contribution in [3.8, 4) is 6.07 Å². The molecule has 3 rings (SSSR count). The molecule has 2 heterocycles. The van der Waals surface area contributed by atoms with Gasteiger partial charge in [-0.15, -0.1) is 0 Å². The van der Waals surface area contributed by atoms with Crippen LogP contribution in [0.1, 0.15) is 53.1 Å². The lowest BCUT2D eigenvalue weighted by Crippen LogP contribution is -2.26. The minimum absolute atomic E-state index is 0.0621. The number of pyridine rings is 1. The van der Waals surface area contributed by atoms with Crippen molar-refractivity contribution < 1.29 is 31.9 Å². The number of alkyl halides is 5. The average Bonchev–Trinajstić information content (AvgIpc) is 2.94. The monoisotopic (exact) mass is 387 g/mol. The first-order valence-corrected chi connectivity index (χ1v) is 8.15. The van der Waals surface area contributed by atoms with Crippen LogP contribution in [0.25, 0.3) is 5.65 Å². The van der Waals surface area contributed by atoms with E-state index in [1.165, 1.54) is 0 Å². The summed E-state index contributed by atoms with van der Waals surface area (Å²) in [5.41, 5.74) is -2.50. The number of aromatic carboxylic acids is 1. The molecule has 0 bridgehead atoms. The van der Waals surface area contributed by atoms with E-state index in [0.717, 1.165) is 16.5 Å². The number of carboxylic acid groups (broad SMARTS) is 1. The number of rotatable bonds is 3. The van der Waals surface area contributed by atoms with Crippen LogP contribution >= 0.6 is 0 Å². The van der Waals surface area contributed by atoms with Gasteiger partial charge >= 0.3 is 12.1 Å². The summed E-state index contributed by atoms with van der Waals surface area (Å²) in [6.07, 6.45) is -5.67. The van der Waals surface area contributed by atoms with Gasteiger partial charge in [0.25, 0.3) is 0 Å². The van der Waals surface area contributed by atoms with Crippen LogP contribution in [-0.2, 0) is 12.6 Å². The number of hydrogen-bond donors (Lipinski definition) is 1. The molecule has 1 N–H and O–H groups in total. The Labute approximate surface area is 150 Å². The highest BCUT2D eigenvalue weighted by atomic mass is 19.4. The van der Waals surface area contributed by atoms with Crippen LogP contribution in [0.2, 0.25) is 0 Å². The molecule has 0 amide bonds. The van der Waals surface area contributed by atoms with Crippen molar-refractivity contribution >= 4 is 11.6 Å². The summed E-state index contributed by atoms with van der Waals surface area (Å²) < 4.78 is 68.0. The third kappa shape index (κ3) is 3.72. The maximum absolute atomic E-state index is 13.5. The first kappa shape index (κ1) is 19.1. The minimum Gasteiger partial charge on any atom is -0.478 e. The third-order valence-electron chi connectivity index (χ3n) is 4.77. The van der Waals surface area contributed by atoms with Gasteiger partial charge in [0, 0.05) is 12.8 Å². The maximum atomic E-state index is 13.5. The maximum Gasteiger partial charge on any atom is 0.435 e. The number of imidazole rings is 1. The second-order valence-corrected chi connectivity index (χ2v) is 6.65. The molecule has 2 aromatic rings. The van der Waals surface area contributed by atoms with Crippen molar-refractivity contribution in [2.75, 3.05) is 0 Å². The fraction of sp³-hybridized carbons (Fsp3) is 0.471. The smallest absolute Gasteiger partial charge is 0.435 e. The zero-order valence-electron chi connectivity index (χ0n) is 13.9. The molecular formula is C17H14F5N3O2. The zero-order chi connectivity index (χ0) is 20.0. The van der Waals surface area contributed by atoms with Crippen LogP contribution in [0, 0.1) is 17.2 Å². The van der Waals surface area contributed by atoms with E-state index in [0.29, 0.717) is 0 Å². The summed E-state index contributed by atoms with van der Waals surface area (Å²) in [5.74, 6) is -4.62. The van der Waals surface area contributed by atoms with Crippen LogP contribution < -0.4 is 0 Å². The van der Waals surface area contributed by atoms with Gasteiger partial charge < -0.3 is 5.11 Å². The predicted molar refractivity (Wildman–Crippen MR) is 82.5 cm³/mol. The van der Waals surface area contributed by atoms with Gasteiger partial charge in [-0.1, -0.05) is 0 Å². The van der Waals surface area contributed by atoms with Gasteiger partial charge in [0.05, 0.1) is 11.3 Å². The van der Waals surface area contributed by atoms with Crippen LogP contribution in [0.15, 0.2) is 12.1 Å². The van der Waals surface area contributed by atoms with Crippen molar-refractivity contribution in [1.82, 2.24) is 9.38 Å². The largest absolute Gasteiger partial charge is 0.478 e. The molecule has 0 aromatic carbocycles. The normalized spacial score (nSPS) is 17.8. The fourth-order valence-corrected chi connectivity index (χ4v) is 3.43. The van der Waals surface area contributed by atoms with Crippen molar-refractivity contribution in [2.24, 2.45) is 5.92 Å². The van der Waals surface area contributed by atoms with Crippen LogP contribution in [0.3, 0.4) is 0 Å². The standard InChI is InChI=1S/C17H14F5N3O2/c18-16(19)3-1-9(2-4-16)5-12-14(17(20,21)22)24-13-7-10(15(26)27)6-11(8-23)25(12)13/h6-7,9H,1-5H2,(H,26,27). The SMILES string of the molecule is N#Cc1cc(C(=O)O)cc2nc(C(F)(F)F)c(CC3CCC(F)(F)CC3)n12.